The second-order valence-corrected chi connectivity index (χ2v) is 5.72. The summed E-state index contributed by atoms with van der Waals surface area (Å²) in [5, 5.41) is 22.8. The lowest BCUT2D eigenvalue weighted by molar-refractivity contribution is -0.313. The Hall–Kier alpha value is -1.50. The molecule has 2 rings (SSSR count). The third-order valence-corrected chi connectivity index (χ3v) is 4.39. The molecule has 1 amide bonds. The standard InChI is InChI=1S/C12H17N3O3S/c1-2-9-14-15-12(19-9)13-10(16)7-5-3-4-6-8(7)11(17)18/h7-8H,2-6H2,1H3,(H,17,18)(H,13,15,16)/p-1/t7-,8-/m1/s1. The Morgan fingerprint density at radius 2 is 2.00 bits per heavy atom. The fourth-order valence-electron chi connectivity index (χ4n) is 2.37. The van der Waals surface area contributed by atoms with Crippen molar-refractivity contribution in [2.45, 2.75) is 39.0 Å². The van der Waals surface area contributed by atoms with Crippen molar-refractivity contribution in [1.82, 2.24) is 10.2 Å². The summed E-state index contributed by atoms with van der Waals surface area (Å²) in [4.78, 5) is 23.2. The van der Waals surface area contributed by atoms with Gasteiger partial charge in [-0.3, -0.25) is 4.79 Å². The first-order valence-corrected chi connectivity index (χ1v) is 7.27. The van der Waals surface area contributed by atoms with Crippen LogP contribution in [0.25, 0.3) is 0 Å². The van der Waals surface area contributed by atoms with Crippen LogP contribution in [0.2, 0.25) is 0 Å². The van der Waals surface area contributed by atoms with Gasteiger partial charge in [0.25, 0.3) is 0 Å². The van der Waals surface area contributed by atoms with E-state index in [4.69, 9.17) is 0 Å². The van der Waals surface area contributed by atoms with Gasteiger partial charge in [-0.1, -0.05) is 31.1 Å². The molecule has 104 valence electrons. The maximum absolute atomic E-state index is 12.1. The number of aryl methyl sites for hydroxylation is 1. The third kappa shape index (κ3) is 3.28. The van der Waals surface area contributed by atoms with Crippen LogP contribution in [-0.4, -0.2) is 22.1 Å². The van der Waals surface area contributed by atoms with Gasteiger partial charge in [-0.15, -0.1) is 10.2 Å². The van der Waals surface area contributed by atoms with Gasteiger partial charge in [-0.2, -0.15) is 0 Å². The predicted molar refractivity (Wildman–Crippen MR) is 68.4 cm³/mol. The molecule has 1 fully saturated rings. The molecule has 1 N–H and O–H groups in total. The summed E-state index contributed by atoms with van der Waals surface area (Å²) >= 11 is 1.32. The Labute approximate surface area is 115 Å². The number of rotatable bonds is 4. The molecule has 0 unspecified atom stereocenters. The number of carbonyl (C=O) groups is 2. The highest BCUT2D eigenvalue weighted by molar-refractivity contribution is 7.15. The molecular weight excluding hydrogens is 266 g/mol. The number of aromatic nitrogens is 2. The van der Waals surface area contributed by atoms with Crippen LogP contribution in [0, 0.1) is 11.8 Å². The lowest BCUT2D eigenvalue weighted by Gasteiger charge is -2.30. The first-order chi connectivity index (χ1) is 9.11. The average Bonchev–Trinajstić information content (AvgIpc) is 2.86. The summed E-state index contributed by atoms with van der Waals surface area (Å²) in [6.07, 6.45) is 3.57. The summed E-state index contributed by atoms with van der Waals surface area (Å²) in [5.41, 5.74) is 0. The fraction of sp³-hybridized carbons (Fsp3) is 0.667. The van der Waals surface area contributed by atoms with Gasteiger partial charge in [0.2, 0.25) is 11.0 Å². The lowest BCUT2D eigenvalue weighted by atomic mass is 9.79. The Balaban J connectivity index is 2.03. The zero-order valence-corrected chi connectivity index (χ0v) is 11.5. The van der Waals surface area contributed by atoms with Crippen molar-refractivity contribution in [3.05, 3.63) is 5.01 Å². The number of anilines is 1. The van der Waals surface area contributed by atoms with Gasteiger partial charge in [0.1, 0.15) is 5.01 Å². The van der Waals surface area contributed by atoms with Crippen molar-refractivity contribution in [1.29, 1.82) is 0 Å². The molecule has 1 aliphatic rings. The first kappa shape index (κ1) is 13.9. The number of nitrogens with zero attached hydrogens (tertiary/aromatic N) is 2. The van der Waals surface area contributed by atoms with E-state index >= 15 is 0 Å². The second-order valence-electron chi connectivity index (χ2n) is 4.66. The van der Waals surface area contributed by atoms with E-state index in [0.29, 0.717) is 18.0 Å². The van der Waals surface area contributed by atoms with Crippen LogP contribution >= 0.6 is 11.3 Å². The summed E-state index contributed by atoms with van der Waals surface area (Å²) in [5.74, 6) is -2.63. The highest BCUT2D eigenvalue weighted by Gasteiger charge is 2.32. The van der Waals surface area contributed by atoms with Gasteiger partial charge in [-0.05, 0) is 19.3 Å². The number of carbonyl (C=O) groups excluding carboxylic acids is 2. The number of carboxylic acids is 1. The van der Waals surface area contributed by atoms with Crippen LogP contribution in [0.5, 0.6) is 0 Å². The molecule has 19 heavy (non-hydrogen) atoms. The van der Waals surface area contributed by atoms with Gasteiger partial charge >= 0.3 is 0 Å². The molecule has 0 saturated heterocycles. The summed E-state index contributed by atoms with van der Waals surface area (Å²) < 4.78 is 0. The summed E-state index contributed by atoms with van der Waals surface area (Å²) in [6, 6.07) is 0. The van der Waals surface area contributed by atoms with Gasteiger partial charge in [0.05, 0.1) is 0 Å². The smallest absolute Gasteiger partial charge is 0.229 e. The van der Waals surface area contributed by atoms with Crippen molar-refractivity contribution in [3.63, 3.8) is 0 Å². The number of aliphatic carboxylic acids is 1. The maximum Gasteiger partial charge on any atom is 0.229 e. The Bertz CT molecular complexity index is 475. The number of hydrogen-bond acceptors (Lipinski definition) is 6. The molecule has 0 bridgehead atoms. The first-order valence-electron chi connectivity index (χ1n) is 6.46. The molecule has 0 aromatic carbocycles. The zero-order valence-electron chi connectivity index (χ0n) is 10.7. The monoisotopic (exact) mass is 282 g/mol. The Kier molecular flexibility index (Phi) is 4.47. The lowest BCUT2D eigenvalue weighted by Crippen LogP contribution is -2.42. The van der Waals surface area contributed by atoms with Crippen LogP contribution in [0.4, 0.5) is 5.13 Å². The van der Waals surface area contributed by atoms with E-state index in [2.05, 4.69) is 15.5 Å². The number of nitrogens with one attached hydrogen (secondary N) is 1. The van der Waals surface area contributed by atoms with E-state index in [1.54, 1.807) is 0 Å². The maximum atomic E-state index is 12.1. The largest absolute Gasteiger partial charge is 0.550 e. The quantitative estimate of drug-likeness (QED) is 0.872. The number of amides is 1. The molecule has 2 atom stereocenters. The molecule has 0 aliphatic heterocycles. The summed E-state index contributed by atoms with van der Waals surface area (Å²) in [7, 11) is 0. The minimum absolute atomic E-state index is 0.285. The molecule has 6 nitrogen and oxygen atoms in total. The molecular formula is C12H16N3O3S-. The van der Waals surface area contributed by atoms with Crippen LogP contribution in [-0.2, 0) is 16.0 Å². The molecule has 1 saturated carbocycles. The van der Waals surface area contributed by atoms with E-state index < -0.39 is 17.8 Å². The van der Waals surface area contributed by atoms with Crippen LogP contribution in [0.1, 0.15) is 37.6 Å². The highest BCUT2D eigenvalue weighted by atomic mass is 32.1. The Morgan fingerprint density at radius 3 is 2.58 bits per heavy atom. The molecule has 1 aliphatic carbocycles. The molecule has 1 heterocycles. The topological polar surface area (TPSA) is 95.0 Å². The van der Waals surface area contributed by atoms with E-state index in [-0.39, 0.29) is 5.91 Å². The molecule has 7 heteroatoms. The van der Waals surface area contributed by atoms with E-state index in [0.717, 1.165) is 24.3 Å². The van der Waals surface area contributed by atoms with E-state index in [9.17, 15) is 14.7 Å². The predicted octanol–water partition coefficient (Wildman–Crippen LogP) is 0.595. The number of carboxylic acid groups (broad SMARTS) is 1. The zero-order chi connectivity index (χ0) is 13.8. The van der Waals surface area contributed by atoms with Crippen molar-refractivity contribution < 1.29 is 14.7 Å². The van der Waals surface area contributed by atoms with Gasteiger partial charge in [0.15, 0.2) is 0 Å². The average molecular weight is 282 g/mol. The van der Waals surface area contributed by atoms with Crippen molar-refractivity contribution in [3.8, 4) is 0 Å². The van der Waals surface area contributed by atoms with Crippen molar-refractivity contribution in [2.24, 2.45) is 11.8 Å². The van der Waals surface area contributed by atoms with E-state index in [1.807, 2.05) is 6.92 Å². The molecule has 1 aromatic heterocycles. The second kappa shape index (κ2) is 6.10. The minimum atomic E-state index is -1.13. The van der Waals surface area contributed by atoms with Gasteiger partial charge < -0.3 is 15.2 Å². The van der Waals surface area contributed by atoms with Gasteiger partial charge in [-0.25, -0.2) is 0 Å². The van der Waals surface area contributed by atoms with Crippen LogP contribution < -0.4 is 10.4 Å². The Morgan fingerprint density at radius 1 is 1.32 bits per heavy atom. The van der Waals surface area contributed by atoms with Crippen molar-refractivity contribution >= 4 is 28.3 Å². The van der Waals surface area contributed by atoms with Crippen LogP contribution in [0.3, 0.4) is 0 Å². The SMILES string of the molecule is CCc1nnc(NC(=O)[C@@H]2CCCC[C@H]2C(=O)[O-])s1. The minimum Gasteiger partial charge on any atom is -0.550 e. The highest BCUT2D eigenvalue weighted by Crippen LogP contribution is 2.31. The fourth-order valence-corrected chi connectivity index (χ4v) is 3.05. The van der Waals surface area contributed by atoms with Crippen molar-refractivity contribution in [2.75, 3.05) is 5.32 Å². The molecule has 0 radical (unpaired) electrons. The number of hydrogen-bond donors (Lipinski definition) is 1. The molecule has 1 aromatic rings. The normalized spacial score (nSPS) is 23.0. The summed E-state index contributed by atoms with van der Waals surface area (Å²) in [6.45, 7) is 1.96. The van der Waals surface area contributed by atoms with Gasteiger partial charge in [0, 0.05) is 17.8 Å². The van der Waals surface area contributed by atoms with Crippen LogP contribution in [0.15, 0.2) is 0 Å². The third-order valence-electron chi connectivity index (χ3n) is 3.40. The molecule has 0 spiro atoms. The van der Waals surface area contributed by atoms with E-state index in [1.165, 1.54) is 11.3 Å².